The molecule has 0 aliphatic carbocycles. The number of benzene rings is 2. The molecule has 0 radical (unpaired) electrons. The first-order valence-corrected chi connectivity index (χ1v) is 4.42. The van der Waals surface area contributed by atoms with Crippen molar-refractivity contribution < 1.29 is 2.85 Å². The minimum absolute atomic E-state index is 0. The Morgan fingerprint density at radius 2 is 1.71 bits per heavy atom. The van der Waals surface area contributed by atoms with Crippen LogP contribution in [-0.2, 0) is 0 Å². The number of hydrogen-bond donors (Lipinski definition) is 0. The SMILES string of the molecule is C=C(C)c1cccc2ccccc12.[H-].[H-].[Mg+2]. The van der Waals surface area contributed by atoms with E-state index in [1.807, 2.05) is 6.92 Å². The van der Waals surface area contributed by atoms with Gasteiger partial charge in [-0.25, -0.2) is 0 Å². The summed E-state index contributed by atoms with van der Waals surface area (Å²) >= 11 is 0. The van der Waals surface area contributed by atoms with Crippen LogP contribution >= 0.6 is 0 Å². The van der Waals surface area contributed by atoms with Crippen LogP contribution in [0, 0.1) is 0 Å². The third-order valence-corrected chi connectivity index (χ3v) is 2.25. The molecule has 0 saturated heterocycles. The van der Waals surface area contributed by atoms with Crippen molar-refractivity contribution in [3.63, 3.8) is 0 Å². The summed E-state index contributed by atoms with van der Waals surface area (Å²) in [6, 6.07) is 14.7. The molecule has 2 rings (SSSR count). The van der Waals surface area contributed by atoms with Crippen LogP contribution < -0.4 is 0 Å². The van der Waals surface area contributed by atoms with Crippen molar-refractivity contribution in [1.82, 2.24) is 0 Å². The van der Waals surface area contributed by atoms with Gasteiger partial charge in [-0.1, -0.05) is 54.6 Å². The van der Waals surface area contributed by atoms with E-state index in [0.29, 0.717) is 0 Å². The first kappa shape index (κ1) is 11.3. The number of hydrogen-bond acceptors (Lipinski definition) is 0. The zero-order valence-electron chi connectivity index (χ0n) is 10.5. The largest absolute Gasteiger partial charge is 2.00 e. The zero-order valence-corrected chi connectivity index (χ0v) is 9.87. The molecule has 0 spiro atoms. The predicted octanol–water partition coefficient (Wildman–Crippen LogP) is 3.72. The molecule has 0 heterocycles. The standard InChI is InChI=1S/C13H12.Mg.2H/c1-10(2)12-9-5-7-11-6-3-4-8-13(11)12;;;/h3-9H,1H2,2H3;;;/q;+2;2*-1. The molecule has 0 aromatic heterocycles. The second-order valence-corrected chi connectivity index (χ2v) is 3.31. The predicted molar refractivity (Wildman–Crippen MR) is 66.6 cm³/mol. The molecule has 2 aromatic carbocycles. The maximum atomic E-state index is 3.98. The van der Waals surface area contributed by atoms with Gasteiger partial charge in [-0.3, -0.25) is 0 Å². The maximum Gasteiger partial charge on any atom is 2.00 e. The van der Waals surface area contributed by atoms with Crippen LogP contribution in [-0.4, -0.2) is 23.1 Å². The van der Waals surface area contributed by atoms with Crippen molar-refractivity contribution in [2.45, 2.75) is 6.92 Å². The molecule has 0 aliphatic rings. The normalized spacial score (nSPS) is 9.50. The first-order chi connectivity index (χ1) is 6.29. The summed E-state index contributed by atoms with van der Waals surface area (Å²) in [6.07, 6.45) is 0. The summed E-state index contributed by atoms with van der Waals surface area (Å²) in [4.78, 5) is 0. The fourth-order valence-electron chi connectivity index (χ4n) is 1.60. The van der Waals surface area contributed by atoms with Crippen molar-refractivity contribution in [2.24, 2.45) is 0 Å². The van der Waals surface area contributed by atoms with E-state index in [2.05, 4.69) is 49.0 Å². The minimum atomic E-state index is 0. The number of rotatable bonds is 1. The van der Waals surface area contributed by atoms with Gasteiger partial charge in [0.05, 0.1) is 0 Å². The molecule has 0 aliphatic heterocycles. The molecular weight excluding hydrogens is 180 g/mol. The van der Waals surface area contributed by atoms with Crippen LogP contribution in [0.2, 0.25) is 0 Å². The third-order valence-electron chi connectivity index (χ3n) is 2.25. The fraction of sp³-hybridized carbons (Fsp3) is 0.0769. The molecule has 0 fully saturated rings. The van der Waals surface area contributed by atoms with E-state index in [4.69, 9.17) is 0 Å². The van der Waals surface area contributed by atoms with E-state index >= 15 is 0 Å². The van der Waals surface area contributed by atoms with Gasteiger partial charge in [-0.15, -0.1) is 0 Å². The molecular formula is C13H14Mg. The topological polar surface area (TPSA) is 0 Å². The Kier molecular flexibility index (Phi) is 3.73. The quantitative estimate of drug-likeness (QED) is 0.607. The van der Waals surface area contributed by atoms with Gasteiger partial charge in [0, 0.05) is 0 Å². The van der Waals surface area contributed by atoms with Gasteiger partial charge in [0.1, 0.15) is 0 Å². The van der Waals surface area contributed by atoms with E-state index in [0.717, 1.165) is 5.57 Å². The second-order valence-electron chi connectivity index (χ2n) is 3.31. The molecule has 0 unspecified atom stereocenters. The maximum absolute atomic E-state index is 3.98. The summed E-state index contributed by atoms with van der Waals surface area (Å²) in [7, 11) is 0. The van der Waals surface area contributed by atoms with Crippen molar-refractivity contribution in [2.75, 3.05) is 0 Å². The van der Waals surface area contributed by atoms with Crippen molar-refractivity contribution in [3.05, 3.63) is 54.6 Å². The summed E-state index contributed by atoms with van der Waals surface area (Å²) in [5.41, 5.74) is 2.37. The van der Waals surface area contributed by atoms with E-state index in [-0.39, 0.29) is 25.9 Å². The van der Waals surface area contributed by atoms with Gasteiger partial charge in [-0.2, -0.15) is 0 Å². The van der Waals surface area contributed by atoms with E-state index < -0.39 is 0 Å². The molecule has 0 atom stereocenters. The Balaban J connectivity index is 0. The van der Waals surface area contributed by atoms with Gasteiger partial charge in [-0.05, 0) is 23.3 Å². The summed E-state index contributed by atoms with van der Waals surface area (Å²) in [5.74, 6) is 0. The van der Waals surface area contributed by atoms with Gasteiger partial charge in [0.15, 0.2) is 0 Å². The zero-order chi connectivity index (χ0) is 9.26. The summed E-state index contributed by atoms with van der Waals surface area (Å²) in [6.45, 7) is 6.02. The molecule has 2 aromatic rings. The Morgan fingerprint density at radius 3 is 2.43 bits per heavy atom. The Hall–Kier alpha value is -0.794. The van der Waals surface area contributed by atoms with Crippen molar-refractivity contribution in [3.8, 4) is 0 Å². The van der Waals surface area contributed by atoms with Crippen LogP contribution in [0.15, 0.2) is 49.0 Å². The van der Waals surface area contributed by atoms with Crippen molar-refractivity contribution in [1.29, 1.82) is 0 Å². The van der Waals surface area contributed by atoms with Crippen LogP contribution in [0.3, 0.4) is 0 Å². The third kappa shape index (κ3) is 1.99. The Labute approximate surface area is 104 Å². The van der Waals surface area contributed by atoms with Gasteiger partial charge in [0.25, 0.3) is 0 Å². The molecule has 1 heteroatoms. The van der Waals surface area contributed by atoms with Crippen LogP contribution in [0.25, 0.3) is 16.3 Å². The summed E-state index contributed by atoms with van der Waals surface area (Å²) in [5, 5.41) is 2.57. The van der Waals surface area contributed by atoms with Gasteiger partial charge < -0.3 is 2.85 Å². The molecule has 68 valence electrons. The van der Waals surface area contributed by atoms with Crippen molar-refractivity contribution >= 4 is 39.4 Å². The number of fused-ring (bicyclic) bond motifs is 1. The fourth-order valence-corrected chi connectivity index (χ4v) is 1.60. The van der Waals surface area contributed by atoms with Crippen LogP contribution in [0.1, 0.15) is 15.3 Å². The first-order valence-electron chi connectivity index (χ1n) is 4.42. The average molecular weight is 195 g/mol. The second kappa shape index (κ2) is 4.62. The van der Waals surface area contributed by atoms with Crippen LogP contribution in [0.4, 0.5) is 0 Å². The molecule has 14 heavy (non-hydrogen) atoms. The smallest absolute Gasteiger partial charge is 1.00 e. The minimum Gasteiger partial charge on any atom is -1.00 e. The molecule has 0 amide bonds. The Bertz CT molecular complexity index is 461. The molecule has 0 N–H and O–H groups in total. The summed E-state index contributed by atoms with van der Waals surface area (Å²) < 4.78 is 0. The van der Waals surface area contributed by atoms with Crippen LogP contribution in [0.5, 0.6) is 0 Å². The van der Waals surface area contributed by atoms with Gasteiger partial charge >= 0.3 is 23.1 Å². The Morgan fingerprint density at radius 1 is 1.07 bits per heavy atom. The van der Waals surface area contributed by atoms with E-state index in [1.54, 1.807) is 0 Å². The molecule has 0 saturated carbocycles. The van der Waals surface area contributed by atoms with Gasteiger partial charge in [0.2, 0.25) is 0 Å². The molecule has 0 nitrogen and oxygen atoms in total. The van der Waals surface area contributed by atoms with E-state index in [9.17, 15) is 0 Å². The van der Waals surface area contributed by atoms with E-state index in [1.165, 1.54) is 16.3 Å². The average Bonchev–Trinajstić information content (AvgIpc) is 2.17. The monoisotopic (exact) mass is 194 g/mol. The molecule has 0 bridgehead atoms. The number of allylic oxidation sites excluding steroid dienone is 1.